The second-order valence-corrected chi connectivity index (χ2v) is 5.26. The summed E-state index contributed by atoms with van der Waals surface area (Å²) in [6.45, 7) is 6.08. The van der Waals surface area contributed by atoms with Gasteiger partial charge >= 0.3 is 0 Å². The first-order valence-electron chi connectivity index (χ1n) is 8.28. The summed E-state index contributed by atoms with van der Waals surface area (Å²) in [5.74, 6) is 0.400. The Morgan fingerprint density at radius 3 is 2.38 bits per heavy atom. The minimum absolute atomic E-state index is 0.202. The van der Waals surface area contributed by atoms with E-state index in [9.17, 15) is 9.59 Å². The molecule has 136 valence electrons. The summed E-state index contributed by atoms with van der Waals surface area (Å²) < 4.78 is 11.0. The van der Waals surface area contributed by atoms with Gasteiger partial charge in [-0.25, -0.2) is 0 Å². The number of benzene rings is 2. The van der Waals surface area contributed by atoms with Crippen molar-refractivity contribution in [1.29, 1.82) is 0 Å². The molecule has 2 aromatic rings. The highest BCUT2D eigenvalue weighted by molar-refractivity contribution is 6.04. The zero-order valence-electron chi connectivity index (χ0n) is 14.7. The van der Waals surface area contributed by atoms with E-state index in [4.69, 9.17) is 9.47 Å². The van der Waals surface area contributed by atoms with Gasteiger partial charge in [0.2, 0.25) is 0 Å². The predicted molar refractivity (Wildman–Crippen MR) is 101 cm³/mol. The lowest BCUT2D eigenvalue weighted by Crippen LogP contribution is -2.26. The van der Waals surface area contributed by atoms with Gasteiger partial charge in [-0.1, -0.05) is 30.3 Å². The van der Waals surface area contributed by atoms with Crippen LogP contribution in [0.2, 0.25) is 0 Å². The number of amides is 2. The van der Waals surface area contributed by atoms with Crippen LogP contribution in [0, 0.1) is 0 Å². The normalized spacial score (nSPS) is 9.88. The largest absolute Gasteiger partial charge is 0.490 e. The lowest BCUT2D eigenvalue weighted by atomic mass is 10.1. The fraction of sp³-hybridized carbons (Fsp3) is 0.200. The van der Waals surface area contributed by atoms with Crippen LogP contribution in [0.5, 0.6) is 11.5 Å². The van der Waals surface area contributed by atoms with E-state index in [2.05, 4.69) is 17.2 Å². The van der Waals surface area contributed by atoms with Crippen molar-refractivity contribution in [3.8, 4) is 11.5 Å². The summed E-state index contributed by atoms with van der Waals surface area (Å²) in [4.78, 5) is 24.4. The number of para-hydroxylation sites is 3. The number of hydrogen-bond donors (Lipinski definition) is 2. The van der Waals surface area contributed by atoms with Gasteiger partial charge < -0.3 is 20.1 Å². The van der Waals surface area contributed by atoms with Gasteiger partial charge in [-0.15, -0.1) is 6.58 Å². The highest BCUT2D eigenvalue weighted by atomic mass is 16.5. The van der Waals surface area contributed by atoms with Crippen LogP contribution in [-0.4, -0.2) is 31.6 Å². The summed E-state index contributed by atoms with van der Waals surface area (Å²) in [7, 11) is 0. The van der Waals surface area contributed by atoms with Crippen molar-refractivity contribution in [2.45, 2.75) is 6.92 Å². The summed E-state index contributed by atoms with van der Waals surface area (Å²) in [5, 5.41) is 5.38. The topological polar surface area (TPSA) is 76.7 Å². The fourth-order valence-corrected chi connectivity index (χ4v) is 2.22. The van der Waals surface area contributed by atoms with Gasteiger partial charge in [0.15, 0.2) is 18.1 Å². The zero-order chi connectivity index (χ0) is 18.8. The van der Waals surface area contributed by atoms with E-state index in [1.807, 2.05) is 13.0 Å². The van der Waals surface area contributed by atoms with Gasteiger partial charge in [-0.05, 0) is 31.2 Å². The average Bonchev–Trinajstić information content (AvgIpc) is 2.66. The van der Waals surface area contributed by atoms with Crippen LogP contribution in [0.1, 0.15) is 17.3 Å². The molecule has 0 bridgehead atoms. The number of carbonyl (C=O) groups excluding carboxylic acids is 2. The number of anilines is 1. The minimum atomic E-state index is -0.375. The Balaban J connectivity index is 2.00. The Morgan fingerprint density at radius 1 is 1.04 bits per heavy atom. The molecule has 0 aliphatic carbocycles. The SMILES string of the molecule is C=CCNC(=O)c1ccccc1NC(=O)COc1ccccc1OCC. The Kier molecular flexibility index (Phi) is 7.24. The number of hydrogen-bond acceptors (Lipinski definition) is 4. The molecular weight excluding hydrogens is 332 g/mol. The average molecular weight is 354 g/mol. The molecule has 0 fully saturated rings. The molecule has 0 heterocycles. The second kappa shape index (κ2) is 9.88. The van der Waals surface area contributed by atoms with E-state index >= 15 is 0 Å². The molecule has 26 heavy (non-hydrogen) atoms. The number of carbonyl (C=O) groups is 2. The van der Waals surface area contributed by atoms with Crippen molar-refractivity contribution in [3.05, 3.63) is 66.7 Å². The first kappa shape index (κ1) is 19.1. The molecule has 0 unspecified atom stereocenters. The van der Waals surface area contributed by atoms with E-state index in [1.54, 1.807) is 48.5 Å². The predicted octanol–water partition coefficient (Wildman–Crippen LogP) is 3.02. The third-order valence-electron chi connectivity index (χ3n) is 3.36. The molecule has 0 aromatic heterocycles. The van der Waals surface area contributed by atoms with Crippen molar-refractivity contribution < 1.29 is 19.1 Å². The monoisotopic (exact) mass is 354 g/mol. The molecule has 6 nitrogen and oxygen atoms in total. The Hall–Kier alpha value is -3.28. The summed E-state index contributed by atoms with van der Waals surface area (Å²) in [6, 6.07) is 13.9. The van der Waals surface area contributed by atoms with E-state index in [-0.39, 0.29) is 18.4 Å². The van der Waals surface area contributed by atoms with Gasteiger partial charge in [0.05, 0.1) is 17.9 Å². The van der Waals surface area contributed by atoms with Crippen molar-refractivity contribution in [3.63, 3.8) is 0 Å². The summed E-state index contributed by atoms with van der Waals surface area (Å²) in [6.07, 6.45) is 1.59. The standard InChI is InChI=1S/C20H22N2O4/c1-3-13-21-20(24)15-9-5-6-10-16(15)22-19(23)14-26-18-12-8-7-11-17(18)25-4-2/h3,5-12H,1,4,13-14H2,2H3,(H,21,24)(H,22,23). The molecule has 2 N–H and O–H groups in total. The zero-order valence-corrected chi connectivity index (χ0v) is 14.7. The van der Waals surface area contributed by atoms with Gasteiger partial charge in [-0.3, -0.25) is 9.59 Å². The van der Waals surface area contributed by atoms with Gasteiger partial charge in [-0.2, -0.15) is 0 Å². The quantitative estimate of drug-likeness (QED) is 0.679. The molecule has 0 saturated carbocycles. The number of rotatable bonds is 9. The maximum atomic E-state index is 12.2. The molecule has 0 aliphatic rings. The van der Waals surface area contributed by atoms with Crippen molar-refractivity contribution >= 4 is 17.5 Å². The summed E-state index contributed by atoms with van der Waals surface area (Å²) >= 11 is 0. The van der Waals surface area contributed by atoms with Crippen LogP contribution >= 0.6 is 0 Å². The molecule has 0 saturated heterocycles. The molecule has 0 spiro atoms. The first-order valence-corrected chi connectivity index (χ1v) is 8.28. The van der Waals surface area contributed by atoms with E-state index in [1.165, 1.54) is 0 Å². The van der Waals surface area contributed by atoms with Crippen molar-refractivity contribution in [2.24, 2.45) is 0 Å². The smallest absolute Gasteiger partial charge is 0.262 e. The highest BCUT2D eigenvalue weighted by Crippen LogP contribution is 2.26. The van der Waals surface area contributed by atoms with Crippen molar-refractivity contribution in [2.75, 3.05) is 25.1 Å². The molecule has 0 aliphatic heterocycles. The van der Waals surface area contributed by atoms with Crippen LogP contribution in [0.25, 0.3) is 0 Å². The van der Waals surface area contributed by atoms with Crippen LogP contribution in [0.3, 0.4) is 0 Å². The summed E-state index contributed by atoms with van der Waals surface area (Å²) in [5.41, 5.74) is 0.790. The molecule has 0 radical (unpaired) electrons. The van der Waals surface area contributed by atoms with E-state index in [0.29, 0.717) is 35.9 Å². The molecular formula is C20H22N2O4. The van der Waals surface area contributed by atoms with E-state index < -0.39 is 0 Å². The molecule has 6 heteroatoms. The maximum Gasteiger partial charge on any atom is 0.262 e. The van der Waals surface area contributed by atoms with Gasteiger partial charge in [0, 0.05) is 6.54 Å². The third-order valence-corrected chi connectivity index (χ3v) is 3.36. The molecule has 0 atom stereocenters. The fourth-order valence-electron chi connectivity index (χ4n) is 2.22. The second-order valence-electron chi connectivity index (χ2n) is 5.26. The highest BCUT2D eigenvalue weighted by Gasteiger charge is 2.13. The molecule has 2 rings (SSSR count). The lowest BCUT2D eigenvalue weighted by molar-refractivity contribution is -0.118. The number of nitrogens with one attached hydrogen (secondary N) is 2. The molecule has 2 amide bonds. The Labute approximate surface area is 152 Å². The maximum absolute atomic E-state index is 12.2. The Bertz CT molecular complexity index is 774. The van der Waals surface area contributed by atoms with Gasteiger partial charge in [0.1, 0.15) is 0 Å². The lowest BCUT2D eigenvalue weighted by Gasteiger charge is -2.13. The number of ether oxygens (including phenoxy) is 2. The third kappa shape index (κ3) is 5.37. The van der Waals surface area contributed by atoms with Crippen molar-refractivity contribution in [1.82, 2.24) is 5.32 Å². The Morgan fingerprint density at radius 2 is 1.69 bits per heavy atom. The van der Waals surface area contributed by atoms with Gasteiger partial charge in [0.25, 0.3) is 11.8 Å². The van der Waals surface area contributed by atoms with E-state index in [0.717, 1.165) is 0 Å². The van der Waals surface area contributed by atoms with Crippen LogP contribution in [0.15, 0.2) is 61.2 Å². The van der Waals surface area contributed by atoms with Crippen LogP contribution in [0.4, 0.5) is 5.69 Å². The minimum Gasteiger partial charge on any atom is -0.490 e. The molecule has 2 aromatic carbocycles. The first-order chi connectivity index (χ1) is 12.7. The van der Waals surface area contributed by atoms with Crippen LogP contribution in [-0.2, 0) is 4.79 Å². The van der Waals surface area contributed by atoms with Crippen LogP contribution < -0.4 is 20.1 Å².